The Balaban J connectivity index is 1.60. The second kappa shape index (κ2) is 7.87. The van der Waals surface area contributed by atoms with Crippen LogP contribution in [0.25, 0.3) is 11.0 Å². The zero-order valence-electron chi connectivity index (χ0n) is 15.2. The average Bonchev–Trinajstić information content (AvgIpc) is 3.02. The molecule has 0 aliphatic heterocycles. The van der Waals surface area contributed by atoms with E-state index in [9.17, 15) is 4.79 Å². The lowest BCUT2D eigenvalue weighted by Crippen LogP contribution is -2.19. The van der Waals surface area contributed by atoms with Gasteiger partial charge in [0.25, 0.3) is 0 Å². The summed E-state index contributed by atoms with van der Waals surface area (Å²) in [5.41, 5.74) is 6.16. The summed E-state index contributed by atoms with van der Waals surface area (Å²) < 4.78 is 10.8. The van der Waals surface area contributed by atoms with Crippen LogP contribution in [0.1, 0.15) is 35.0 Å². The van der Waals surface area contributed by atoms with Gasteiger partial charge in [-0.05, 0) is 50.5 Å². The number of fused-ring (bicyclic) bond motifs is 1. The molecule has 26 heavy (non-hydrogen) atoms. The molecule has 0 radical (unpaired) electrons. The number of amides is 1. The van der Waals surface area contributed by atoms with Gasteiger partial charge >= 0.3 is 5.91 Å². The number of aryl methyl sites for hydroxylation is 2. The Hall–Kier alpha value is -3.08. The fourth-order valence-corrected chi connectivity index (χ4v) is 2.76. The highest BCUT2D eigenvalue weighted by atomic mass is 16.5. The van der Waals surface area contributed by atoms with Crippen molar-refractivity contribution in [3.8, 4) is 5.75 Å². The van der Waals surface area contributed by atoms with Gasteiger partial charge < -0.3 is 9.15 Å². The second-order valence-electron chi connectivity index (χ2n) is 6.19. The first kappa shape index (κ1) is 17.7. The zero-order chi connectivity index (χ0) is 18.5. The molecule has 134 valence electrons. The first-order chi connectivity index (χ1) is 12.6. The predicted octanol–water partition coefficient (Wildman–Crippen LogP) is 4.49. The van der Waals surface area contributed by atoms with Crippen LogP contribution in [0.2, 0.25) is 0 Å². The average molecular weight is 350 g/mol. The van der Waals surface area contributed by atoms with Gasteiger partial charge in [-0.2, -0.15) is 5.10 Å². The molecular formula is C21H22N2O3. The number of nitrogens with zero attached hydrogens (tertiary/aromatic N) is 1. The van der Waals surface area contributed by atoms with E-state index in [2.05, 4.69) is 10.5 Å². The van der Waals surface area contributed by atoms with E-state index in [4.69, 9.17) is 9.15 Å². The predicted molar refractivity (Wildman–Crippen MR) is 103 cm³/mol. The highest BCUT2D eigenvalue weighted by molar-refractivity contribution is 5.99. The molecule has 0 aliphatic rings. The van der Waals surface area contributed by atoms with Gasteiger partial charge in [-0.1, -0.05) is 30.3 Å². The number of carbonyl (C=O) groups excluding carboxylic acids is 1. The minimum atomic E-state index is -0.331. The summed E-state index contributed by atoms with van der Waals surface area (Å²) in [5.74, 6) is 0.813. The SMILES string of the molecule is COc1ccc(CC/C(C)=N\NC(=O)c2oc3ccccc3c2C)cc1. The number of ether oxygens (including phenoxy) is 1. The lowest BCUT2D eigenvalue weighted by molar-refractivity contribution is 0.0928. The fourth-order valence-electron chi connectivity index (χ4n) is 2.76. The Morgan fingerprint density at radius 3 is 2.58 bits per heavy atom. The molecule has 1 heterocycles. The highest BCUT2D eigenvalue weighted by Crippen LogP contribution is 2.24. The number of furan rings is 1. The van der Waals surface area contributed by atoms with Crippen molar-refractivity contribution in [2.45, 2.75) is 26.7 Å². The number of hydrazone groups is 1. The number of carbonyl (C=O) groups is 1. The standard InChI is InChI=1S/C21H22N2O3/c1-14(8-9-16-10-12-17(25-3)13-11-16)22-23-21(24)20-15(2)18-6-4-5-7-19(18)26-20/h4-7,10-13H,8-9H2,1-3H3,(H,23,24)/b22-14-. The van der Waals surface area contributed by atoms with E-state index >= 15 is 0 Å². The minimum Gasteiger partial charge on any atom is -0.497 e. The molecule has 0 unspecified atom stereocenters. The Labute approximate surface area is 152 Å². The molecule has 0 atom stereocenters. The van der Waals surface area contributed by atoms with Gasteiger partial charge in [0.1, 0.15) is 11.3 Å². The molecule has 0 saturated heterocycles. The van der Waals surface area contributed by atoms with Gasteiger partial charge in [0.2, 0.25) is 0 Å². The van der Waals surface area contributed by atoms with E-state index in [0.717, 1.165) is 35.3 Å². The number of nitrogens with one attached hydrogen (secondary N) is 1. The van der Waals surface area contributed by atoms with Gasteiger partial charge in [-0.25, -0.2) is 5.43 Å². The maximum Gasteiger partial charge on any atom is 0.307 e. The van der Waals surface area contributed by atoms with Gasteiger partial charge in [0, 0.05) is 16.7 Å². The van der Waals surface area contributed by atoms with E-state index in [1.165, 1.54) is 5.56 Å². The molecule has 2 aromatic carbocycles. The Morgan fingerprint density at radius 2 is 1.88 bits per heavy atom. The van der Waals surface area contributed by atoms with Crippen LogP contribution in [-0.2, 0) is 6.42 Å². The quantitative estimate of drug-likeness (QED) is 0.526. The van der Waals surface area contributed by atoms with E-state index in [1.807, 2.05) is 62.4 Å². The van der Waals surface area contributed by atoms with Gasteiger partial charge in [0.15, 0.2) is 5.76 Å². The topological polar surface area (TPSA) is 63.8 Å². The number of rotatable bonds is 6. The van der Waals surface area contributed by atoms with Crippen molar-refractivity contribution < 1.29 is 13.9 Å². The van der Waals surface area contributed by atoms with Crippen molar-refractivity contribution in [2.75, 3.05) is 7.11 Å². The third-order valence-corrected chi connectivity index (χ3v) is 4.33. The van der Waals surface area contributed by atoms with Gasteiger partial charge in [-0.15, -0.1) is 0 Å². The van der Waals surface area contributed by atoms with Crippen LogP contribution in [0.4, 0.5) is 0 Å². The lowest BCUT2D eigenvalue weighted by Gasteiger charge is -2.04. The molecule has 1 N–H and O–H groups in total. The van der Waals surface area contributed by atoms with Crippen LogP contribution >= 0.6 is 0 Å². The second-order valence-corrected chi connectivity index (χ2v) is 6.19. The largest absolute Gasteiger partial charge is 0.497 e. The Morgan fingerprint density at radius 1 is 1.15 bits per heavy atom. The van der Waals surface area contributed by atoms with E-state index < -0.39 is 0 Å². The van der Waals surface area contributed by atoms with Crippen LogP contribution < -0.4 is 10.2 Å². The molecule has 1 amide bonds. The molecule has 0 bridgehead atoms. The zero-order valence-corrected chi connectivity index (χ0v) is 15.2. The highest BCUT2D eigenvalue weighted by Gasteiger charge is 2.16. The third kappa shape index (κ3) is 3.94. The van der Waals surface area contributed by atoms with Gasteiger partial charge in [-0.3, -0.25) is 4.79 Å². The van der Waals surface area contributed by atoms with Crippen molar-refractivity contribution in [2.24, 2.45) is 5.10 Å². The maximum atomic E-state index is 12.4. The van der Waals surface area contributed by atoms with Crippen LogP contribution in [0, 0.1) is 6.92 Å². The van der Waals surface area contributed by atoms with E-state index in [1.54, 1.807) is 7.11 Å². The van der Waals surface area contributed by atoms with Crippen molar-refractivity contribution >= 4 is 22.6 Å². The Bertz CT molecular complexity index is 940. The number of benzene rings is 2. The molecule has 3 aromatic rings. The first-order valence-corrected chi connectivity index (χ1v) is 8.53. The summed E-state index contributed by atoms with van der Waals surface area (Å²) in [6, 6.07) is 15.5. The van der Waals surface area contributed by atoms with Crippen LogP contribution in [0.15, 0.2) is 58.0 Å². The summed E-state index contributed by atoms with van der Waals surface area (Å²) in [7, 11) is 1.65. The maximum absolute atomic E-state index is 12.4. The molecule has 0 fully saturated rings. The summed E-state index contributed by atoms with van der Waals surface area (Å²) in [4.78, 5) is 12.4. The Kier molecular flexibility index (Phi) is 5.37. The molecule has 5 nitrogen and oxygen atoms in total. The normalized spacial score (nSPS) is 11.6. The van der Waals surface area contributed by atoms with Crippen LogP contribution in [-0.4, -0.2) is 18.7 Å². The third-order valence-electron chi connectivity index (χ3n) is 4.33. The summed E-state index contributed by atoms with van der Waals surface area (Å²) in [6.45, 7) is 3.77. The van der Waals surface area contributed by atoms with Crippen molar-refractivity contribution in [1.82, 2.24) is 5.43 Å². The lowest BCUT2D eigenvalue weighted by atomic mass is 10.1. The monoisotopic (exact) mass is 350 g/mol. The smallest absolute Gasteiger partial charge is 0.307 e. The number of hydrogen-bond donors (Lipinski definition) is 1. The van der Waals surface area contributed by atoms with Crippen LogP contribution in [0.3, 0.4) is 0 Å². The van der Waals surface area contributed by atoms with E-state index in [0.29, 0.717) is 11.3 Å². The van der Waals surface area contributed by atoms with Crippen LogP contribution in [0.5, 0.6) is 5.75 Å². The summed E-state index contributed by atoms with van der Waals surface area (Å²) in [5, 5.41) is 5.14. The fraction of sp³-hybridized carbons (Fsp3) is 0.238. The summed E-state index contributed by atoms with van der Waals surface area (Å²) in [6.07, 6.45) is 1.60. The number of para-hydroxylation sites is 1. The molecule has 1 aromatic heterocycles. The van der Waals surface area contributed by atoms with Crippen molar-refractivity contribution in [3.05, 3.63) is 65.4 Å². The van der Waals surface area contributed by atoms with E-state index in [-0.39, 0.29) is 5.91 Å². The minimum absolute atomic E-state index is 0.304. The first-order valence-electron chi connectivity index (χ1n) is 8.53. The van der Waals surface area contributed by atoms with Crippen molar-refractivity contribution in [3.63, 3.8) is 0 Å². The molecule has 5 heteroatoms. The number of hydrogen-bond acceptors (Lipinski definition) is 4. The summed E-state index contributed by atoms with van der Waals surface area (Å²) >= 11 is 0. The number of methoxy groups -OCH3 is 1. The molecule has 3 rings (SSSR count). The molecule has 0 spiro atoms. The molecule has 0 aliphatic carbocycles. The molecular weight excluding hydrogens is 328 g/mol. The van der Waals surface area contributed by atoms with Gasteiger partial charge in [0.05, 0.1) is 7.11 Å². The van der Waals surface area contributed by atoms with Crippen molar-refractivity contribution in [1.29, 1.82) is 0 Å². The molecule has 0 saturated carbocycles.